The highest BCUT2D eigenvalue weighted by molar-refractivity contribution is 6.28. The van der Waals surface area contributed by atoms with Crippen molar-refractivity contribution >= 4 is 28.3 Å². The van der Waals surface area contributed by atoms with Crippen LogP contribution in [0, 0.1) is 0 Å². The number of rotatable bonds is 3. The van der Waals surface area contributed by atoms with E-state index in [0.717, 1.165) is 22.3 Å². The number of aromatic nitrogens is 2. The fourth-order valence-electron chi connectivity index (χ4n) is 2.05. The van der Waals surface area contributed by atoms with E-state index in [-0.39, 0.29) is 5.28 Å². The molecule has 0 atom stereocenters. The molecule has 5 heteroatoms. The first kappa shape index (κ1) is 12.0. The van der Waals surface area contributed by atoms with Gasteiger partial charge >= 0.3 is 0 Å². The molecule has 0 amide bonds. The zero-order chi connectivity index (χ0) is 13.2. The number of nitrogens with zero attached hydrogens (tertiary/aromatic N) is 3. The molecule has 2 aromatic heterocycles. The fraction of sp³-hybridized carbons (Fsp3) is 0.143. The zero-order valence-corrected chi connectivity index (χ0v) is 11.1. The fourth-order valence-corrected chi connectivity index (χ4v) is 2.23. The average molecular weight is 274 g/mol. The van der Waals surface area contributed by atoms with Crippen molar-refractivity contribution in [2.75, 3.05) is 11.9 Å². The number of furan rings is 1. The summed E-state index contributed by atoms with van der Waals surface area (Å²) in [4.78, 5) is 10.6. The molecule has 0 aliphatic carbocycles. The Bertz CT molecular complexity index is 697. The molecule has 1 aromatic carbocycles. The van der Waals surface area contributed by atoms with E-state index >= 15 is 0 Å². The Labute approximate surface area is 115 Å². The maximum Gasteiger partial charge on any atom is 0.224 e. The topological polar surface area (TPSA) is 42.2 Å². The number of anilines is 1. The lowest BCUT2D eigenvalue weighted by Crippen LogP contribution is -2.18. The van der Waals surface area contributed by atoms with E-state index in [1.54, 1.807) is 12.5 Å². The van der Waals surface area contributed by atoms with Gasteiger partial charge in [0, 0.05) is 24.5 Å². The third kappa shape index (κ3) is 2.39. The van der Waals surface area contributed by atoms with Gasteiger partial charge in [-0.3, -0.25) is 0 Å². The summed E-state index contributed by atoms with van der Waals surface area (Å²) in [6.45, 7) is 0.702. The molecule has 0 bridgehead atoms. The van der Waals surface area contributed by atoms with Crippen LogP contribution in [0.2, 0.25) is 5.28 Å². The number of fused-ring (bicyclic) bond motifs is 1. The number of hydrogen-bond donors (Lipinski definition) is 0. The van der Waals surface area contributed by atoms with Gasteiger partial charge in [0.1, 0.15) is 5.82 Å². The largest absolute Gasteiger partial charge is 0.472 e. The summed E-state index contributed by atoms with van der Waals surface area (Å²) in [5.41, 5.74) is 1.93. The smallest absolute Gasteiger partial charge is 0.224 e. The van der Waals surface area contributed by atoms with Gasteiger partial charge in [-0.15, -0.1) is 0 Å². The molecule has 0 aliphatic heterocycles. The van der Waals surface area contributed by atoms with Gasteiger partial charge in [0.2, 0.25) is 5.28 Å². The molecule has 0 aliphatic rings. The molecule has 0 N–H and O–H groups in total. The molecule has 0 radical (unpaired) electrons. The maximum atomic E-state index is 5.98. The lowest BCUT2D eigenvalue weighted by Gasteiger charge is -2.19. The Kier molecular flexibility index (Phi) is 3.09. The van der Waals surface area contributed by atoms with Gasteiger partial charge in [-0.05, 0) is 29.8 Å². The van der Waals surface area contributed by atoms with Gasteiger partial charge in [0.25, 0.3) is 0 Å². The minimum absolute atomic E-state index is 0.257. The highest BCUT2D eigenvalue weighted by atomic mass is 35.5. The van der Waals surface area contributed by atoms with E-state index in [9.17, 15) is 0 Å². The third-order valence-electron chi connectivity index (χ3n) is 2.92. The molecule has 0 spiro atoms. The van der Waals surface area contributed by atoms with Gasteiger partial charge in [0.15, 0.2) is 0 Å². The van der Waals surface area contributed by atoms with Crippen LogP contribution in [0.5, 0.6) is 0 Å². The van der Waals surface area contributed by atoms with Crippen LogP contribution in [0.15, 0.2) is 47.3 Å². The molecular weight excluding hydrogens is 262 g/mol. The zero-order valence-electron chi connectivity index (χ0n) is 10.4. The molecular formula is C14H12ClN3O. The molecule has 2 heterocycles. The highest BCUT2D eigenvalue weighted by Crippen LogP contribution is 2.25. The predicted octanol–water partition coefficient (Wildman–Crippen LogP) is 3.51. The van der Waals surface area contributed by atoms with Crippen LogP contribution in [0.4, 0.5) is 5.82 Å². The molecule has 0 saturated heterocycles. The summed E-state index contributed by atoms with van der Waals surface area (Å²) in [6, 6.07) is 9.76. The van der Waals surface area contributed by atoms with E-state index in [0.29, 0.717) is 6.54 Å². The molecule has 96 valence electrons. The van der Waals surface area contributed by atoms with E-state index in [1.807, 2.05) is 42.3 Å². The Morgan fingerprint density at radius 1 is 1.21 bits per heavy atom. The summed E-state index contributed by atoms with van der Waals surface area (Å²) in [6.07, 6.45) is 3.38. The molecule has 4 nitrogen and oxygen atoms in total. The summed E-state index contributed by atoms with van der Waals surface area (Å²) in [5, 5.41) is 1.24. The number of para-hydroxylation sites is 1. The van der Waals surface area contributed by atoms with Crippen LogP contribution < -0.4 is 4.90 Å². The van der Waals surface area contributed by atoms with Crippen molar-refractivity contribution in [2.24, 2.45) is 0 Å². The van der Waals surface area contributed by atoms with E-state index in [4.69, 9.17) is 16.0 Å². The van der Waals surface area contributed by atoms with Gasteiger partial charge in [-0.25, -0.2) is 4.98 Å². The second kappa shape index (κ2) is 4.90. The van der Waals surface area contributed by atoms with Crippen molar-refractivity contribution in [3.05, 3.63) is 53.7 Å². The van der Waals surface area contributed by atoms with Crippen LogP contribution in [0.25, 0.3) is 10.9 Å². The first-order valence-corrected chi connectivity index (χ1v) is 6.26. The molecule has 3 rings (SSSR count). The normalized spacial score (nSPS) is 10.8. The summed E-state index contributed by atoms with van der Waals surface area (Å²) < 4.78 is 5.08. The second-order valence-electron chi connectivity index (χ2n) is 4.32. The van der Waals surface area contributed by atoms with Crippen LogP contribution in [0.1, 0.15) is 5.56 Å². The lowest BCUT2D eigenvalue weighted by molar-refractivity contribution is 0.563. The Balaban J connectivity index is 2.03. The second-order valence-corrected chi connectivity index (χ2v) is 4.66. The maximum absolute atomic E-state index is 5.98. The molecule has 19 heavy (non-hydrogen) atoms. The number of benzene rings is 1. The van der Waals surface area contributed by atoms with Crippen molar-refractivity contribution in [3.63, 3.8) is 0 Å². The minimum atomic E-state index is 0.257. The quantitative estimate of drug-likeness (QED) is 0.685. The Morgan fingerprint density at radius 3 is 2.84 bits per heavy atom. The van der Waals surface area contributed by atoms with E-state index < -0.39 is 0 Å². The average Bonchev–Trinajstić information content (AvgIpc) is 2.90. The number of hydrogen-bond acceptors (Lipinski definition) is 4. The van der Waals surface area contributed by atoms with Crippen molar-refractivity contribution in [3.8, 4) is 0 Å². The van der Waals surface area contributed by atoms with Gasteiger partial charge < -0.3 is 9.32 Å². The minimum Gasteiger partial charge on any atom is -0.472 e. The van der Waals surface area contributed by atoms with Crippen LogP contribution in [-0.4, -0.2) is 17.0 Å². The highest BCUT2D eigenvalue weighted by Gasteiger charge is 2.11. The van der Waals surface area contributed by atoms with Crippen molar-refractivity contribution in [2.45, 2.75) is 6.54 Å². The lowest BCUT2D eigenvalue weighted by atomic mass is 10.2. The van der Waals surface area contributed by atoms with Crippen LogP contribution >= 0.6 is 11.6 Å². The first-order valence-electron chi connectivity index (χ1n) is 5.88. The van der Waals surface area contributed by atoms with Gasteiger partial charge in [-0.1, -0.05) is 12.1 Å². The summed E-state index contributed by atoms with van der Waals surface area (Å²) >= 11 is 5.98. The summed E-state index contributed by atoms with van der Waals surface area (Å²) in [7, 11) is 1.97. The monoisotopic (exact) mass is 273 g/mol. The van der Waals surface area contributed by atoms with E-state index in [1.165, 1.54) is 0 Å². The Hall–Kier alpha value is -2.07. The molecule has 3 aromatic rings. The first-order chi connectivity index (χ1) is 9.24. The molecule has 0 unspecified atom stereocenters. The van der Waals surface area contributed by atoms with Crippen LogP contribution in [-0.2, 0) is 6.54 Å². The standard InChI is InChI=1S/C14H12ClN3O/c1-18(8-10-6-7-19-9-10)13-11-4-2-3-5-12(11)16-14(15)17-13/h2-7,9H,8H2,1H3. The molecule has 0 saturated carbocycles. The van der Waals surface area contributed by atoms with Gasteiger partial charge in [-0.2, -0.15) is 4.98 Å². The number of halogens is 1. The van der Waals surface area contributed by atoms with Gasteiger partial charge in [0.05, 0.1) is 18.0 Å². The van der Waals surface area contributed by atoms with E-state index in [2.05, 4.69) is 9.97 Å². The SMILES string of the molecule is CN(Cc1ccoc1)c1nc(Cl)nc2ccccc12. The molecule has 0 fully saturated rings. The van der Waals surface area contributed by atoms with Crippen molar-refractivity contribution < 1.29 is 4.42 Å². The van der Waals surface area contributed by atoms with Crippen molar-refractivity contribution in [1.82, 2.24) is 9.97 Å². The van der Waals surface area contributed by atoms with Crippen LogP contribution in [0.3, 0.4) is 0 Å². The van der Waals surface area contributed by atoms with Crippen molar-refractivity contribution in [1.29, 1.82) is 0 Å². The summed E-state index contributed by atoms with van der Waals surface area (Å²) in [5.74, 6) is 0.816. The third-order valence-corrected chi connectivity index (χ3v) is 3.09. The predicted molar refractivity (Wildman–Crippen MR) is 75.4 cm³/mol. The Morgan fingerprint density at radius 2 is 2.05 bits per heavy atom.